The largest absolute Gasteiger partial charge is 0.491 e. The molecule has 4 heteroatoms. The third-order valence-corrected chi connectivity index (χ3v) is 2.99. The van der Waals surface area contributed by atoms with E-state index in [0.29, 0.717) is 19.1 Å². The van der Waals surface area contributed by atoms with Crippen LogP contribution in [-0.2, 0) is 4.79 Å². The van der Waals surface area contributed by atoms with E-state index in [4.69, 9.17) is 4.74 Å². The summed E-state index contributed by atoms with van der Waals surface area (Å²) >= 11 is 0. The number of para-hydroxylation sites is 2. The van der Waals surface area contributed by atoms with Gasteiger partial charge in [0, 0.05) is 0 Å². The summed E-state index contributed by atoms with van der Waals surface area (Å²) in [5, 5.41) is 2.93. The van der Waals surface area contributed by atoms with Crippen molar-refractivity contribution < 1.29 is 9.53 Å². The average Bonchev–Trinajstić information content (AvgIpc) is 2.43. The molecule has 0 spiro atoms. The molecule has 0 atom stereocenters. The first-order valence-electron chi connectivity index (χ1n) is 7.30. The number of rotatable bonds is 8. The Morgan fingerprint density at radius 2 is 1.90 bits per heavy atom. The number of carbonyl (C=O) groups excluding carboxylic acids is 1. The maximum Gasteiger partial charge on any atom is 0.238 e. The molecule has 112 valence electrons. The molecule has 0 aromatic heterocycles. The van der Waals surface area contributed by atoms with Crippen LogP contribution in [0.1, 0.15) is 27.7 Å². The summed E-state index contributed by atoms with van der Waals surface area (Å²) in [7, 11) is 0. The van der Waals surface area contributed by atoms with E-state index in [-0.39, 0.29) is 5.91 Å². The second kappa shape index (κ2) is 8.59. The molecule has 0 radical (unpaired) electrons. The van der Waals surface area contributed by atoms with Crippen molar-refractivity contribution in [2.24, 2.45) is 5.92 Å². The van der Waals surface area contributed by atoms with E-state index >= 15 is 0 Å². The predicted molar refractivity (Wildman–Crippen MR) is 83.2 cm³/mol. The topological polar surface area (TPSA) is 41.6 Å². The molecule has 4 nitrogen and oxygen atoms in total. The third-order valence-electron chi connectivity index (χ3n) is 2.99. The van der Waals surface area contributed by atoms with Crippen molar-refractivity contribution in [1.82, 2.24) is 4.90 Å². The van der Waals surface area contributed by atoms with Gasteiger partial charge in [0.1, 0.15) is 5.75 Å². The van der Waals surface area contributed by atoms with Gasteiger partial charge in [-0.05, 0) is 31.1 Å². The summed E-state index contributed by atoms with van der Waals surface area (Å²) in [6.07, 6.45) is 0. The van der Waals surface area contributed by atoms with Gasteiger partial charge in [0.15, 0.2) is 0 Å². The van der Waals surface area contributed by atoms with Gasteiger partial charge in [-0.25, -0.2) is 0 Å². The van der Waals surface area contributed by atoms with E-state index in [0.717, 1.165) is 24.5 Å². The number of hydrogen-bond donors (Lipinski definition) is 1. The van der Waals surface area contributed by atoms with Crippen molar-refractivity contribution in [2.75, 3.05) is 31.6 Å². The summed E-state index contributed by atoms with van der Waals surface area (Å²) in [5.74, 6) is 1.18. The van der Waals surface area contributed by atoms with Crippen LogP contribution >= 0.6 is 0 Å². The maximum absolute atomic E-state index is 12.0. The van der Waals surface area contributed by atoms with E-state index in [1.54, 1.807) is 0 Å². The van der Waals surface area contributed by atoms with Gasteiger partial charge in [-0.15, -0.1) is 0 Å². The van der Waals surface area contributed by atoms with Crippen LogP contribution in [0.2, 0.25) is 0 Å². The van der Waals surface area contributed by atoms with Crippen LogP contribution in [0, 0.1) is 5.92 Å². The highest BCUT2D eigenvalue weighted by molar-refractivity contribution is 5.93. The van der Waals surface area contributed by atoms with Gasteiger partial charge >= 0.3 is 0 Å². The average molecular weight is 278 g/mol. The number of anilines is 1. The summed E-state index contributed by atoms with van der Waals surface area (Å²) < 4.78 is 5.73. The molecule has 0 fully saturated rings. The molecule has 0 aliphatic rings. The van der Waals surface area contributed by atoms with Crippen molar-refractivity contribution >= 4 is 11.6 Å². The number of nitrogens with one attached hydrogen (secondary N) is 1. The molecule has 0 aliphatic carbocycles. The van der Waals surface area contributed by atoms with Crippen LogP contribution in [-0.4, -0.2) is 37.0 Å². The molecular formula is C16H26N2O2. The molecule has 0 saturated heterocycles. The third kappa shape index (κ3) is 5.61. The van der Waals surface area contributed by atoms with Gasteiger partial charge in [-0.3, -0.25) is 9.69 Å². The molecule has 0 bridgehead atoms. The molecule has 0 heterocycles. The Balaban J connectivity index is 2.64. The fourth-order valence-electron chi connectivity index (χ4n) is 1.79. The Morgan fingerprint density at radius 3 is 2.50 bits per heavy atom. The number of benzene rings is 1. The van der Waals surface area contributed by atoms with E-state index in [9.17, 15) is 4.79 Å². The molecule has 1 N–H and O–H groups in total. The zero-order chi connectivity index (χ0) is 15.0. The molecule has 0 saturated carbocycles. The number of likely N-dealkylation sites (N-methyl/N-ethyl adjacent to an activating group) is 1. The lowest BCUT2D eigenvalue weighted by Gasteiger charge is -2.18. The SMILES string of the molecule is CCN(CC)CC(=O)Nc1ccccc1OCC(C)C. The lowest BCUT2D eigenvalue weighted by atomic mass is 10.2. The highest BCUT2D eigenvalue weighted by Crippen LogP contribution is 2.24. The summed E-state index contributed by atoms with van der Waals surface area (Å²) in [4.78, 5) is 14.1. The second-order valence-electron chi connectivity index (χ2n) is 5.21. The standard InChI is InChI=1S/C16H26N2O2/c1-5-18(6-2)11-16(19)17-14-9-7-8-10-15(14)20-12-13(3)4/h7-10,13H,5-6,11-12H2,1-4H3,(H,17,19). The Labute approximate surface area is 122 Å². The fourth-order valence-corrected chi connectivity index (χ4v) is 1.79. The van der Waals surface area contributed by atoms with Gasteiger partial charge < -0.3 is 10.1 Å². The number of amides is 1. The van der Waals surface area contributed by atoms with Crippen molar-refractivity contribution in [3.05, 3.63) is 24.3 Å². The summed E-state index contributed by atoms with van der Waals surface area (Å²) in [6, 6.07) is 7.57. The van der Waals surface area contributed by atoms with Gasteiger partial charge in [0.25, 0.3) is 0 Å². The van der Waals surface area contributed by atoms with Crippen molar-refractivity contribution in [1.29, 1.82) is 0 Å². The first-order chi connectivity index (χ1) is 9.56. The monoisotopic (exact) mass is 278 g/mol. The Bertz CT molecular complexity index is 415. The zero-order valence-corrected chi connectivity index (χ0v) is 13.0. The summed E-state index contributed by atoms with van der Waals surface area (Å²) in [6.45, 7) is 11.1. The smallest absolute Gasteiger partial charge is 0.238 e. The molecule has 1 aromatic carbocycles. The minimum absolute atomic E-state index is 0.00528. The fraction of sp³-hybridized carbons (Fsp3) is 0.562. The lowest BCUT2D eigenvalue weighted by molar-refractivity contribution is -0.117. The van der Waals surface area contributed by atoms with Crippen LogP contribution in [0.25, 0.3) is 0 Å². The Morgan fingerprint density at radius 1 is 1.25 bits per heavy atom. The lowest BCUT2D eigenvalue weighted by Crippen LogP contribution is -2.33. The minimum Gasteiger partial charge on any atom is -0.491 e. The Hall–Kier alpha value is -1.55. The van der Waals surface area contributed by atoms with E-state index in [1.807, 2.05) is 24.3 Å². The first-order valence-corrected chi connectivity index (χ1v) is 7.30. The predicted octanol–water partition coefficient (Wildman–Crippen LogP) is 3.00. The number of hydrogen-bond acceptors (Lipinski definition) is 3. The number of carbonyl (C=O) groups is 1. The van der Waals surface area contributed by atoms with Gasteiger partial charge in [0.05, 0.1) is 18.8 Å². The molecule has 0 unspecified atom stereocenters. The molecular weight excluding hydrogens is 252 g/mol. The zero-order valence-electron chi connectivity index (χ0n) is 13.0. The van der Waals surface area contributed by atoms with Crippen LogP contribution in [0.15, 0.2) is 24.3 Å². The number of nitrogens with zero attached hydrogens (tertiary/aromatic N) is 1. The van der Waals surface area contributed by atoms with E-state index < -0.39 is 0 Å². The maximum atomic E-state index is 12.0. The van der Waals surface area contributed by atoms with E-state index in [2.05, 4.69) is 37.9 Å². The van der Waals surface area contributed by atoms with Gasteiger partial charge in [-0.1, -0.05) is 39.8 Å². The van der Waals surface area contributed by atoms with Crippen LogP contribution < -0.4 is 10.1 Å². The highest BCUT2D eigenvalue weighted by atomic mass is 16.5. The van der Waals surface area contributed by atoms with Crippen LogP contribution in [0.5, 0.6) is 5.75 Å². The minimum atomic E-state index is -0.00528. The molecule has 1 aromatic rings. The molecule has 1 amide bonds. The molecule has 0 aliphatic heterocycles. The van der Waals surface area contributed by atoms with Gasteiger partial charge in [0.2, 0.25) is 5.91 Å². The quantitative estimate of drug-likeness (QED) is 0.795. The highest BCUT2D eigenvalue weighted by Gasteiger charge is 2.10. The first kappa shape index (κ1) is 16.5. The number of ether oxygens (including phenoxy) is 1. The van der Waals surface area contributed by atoms with E-state index in [1.165, 1.54) is 0 Å². The Kier molecular flexibility index (Phi) is 7.09. The van der Waals surface area contributed by atoms with Crippen LogP contribution in [0.4, 0.5) is 5.69 Å². The summed E-state index contributed by atoms with van der Waals surface area (Å²) in [5.41, 5.74) is 0.741. The second-order valence-corrected chi connectivity index (χ2v) is 5.21. The van der Waals surface area contributed by atoms with Crippen molar-refractivity contribution in [3.8, 4) is 5.75 Å². The molecule has 1 rings (SSSR count). The van der Waals surface area contributed by atoms with Crippen molar-refractivity contribution in [3.63, 3.8) is 0 Å². The molecule has 20 heavy (non-hydrogen) atoms. The normalized spacial score (nSPS) is 10.9. The van der Waals surface area contributed by atoms with Crippen LogP contribution in [0.3, 0.4) is 0 Å². The van der Waals surface area contributed by atoms with Crippen molar-refractivity contribution in [2.45, 2.75) is 27.7 Å². The van der Waals surface area contributed by atoms with Gasteiger partial charge in [-0.2, -0.15) is 0 Å².